The van der Waals surface area contributed by atoms with Crippen LogP contribution in [0.15, 0.2) is 16.7 Å². The Morgan fingerprint density at radius 3 is 2.75 bits per heavy atom. The summed E-state index contributed by atoms with van der Waals surface area (Å²) in [5.74, 6) is 2.02. The van der Waals surface area contributed by atoms with E-state index in [1.54, 1.807) is 0 Å². The highest BCUT2D eigenvalue weighted by molar-refractivity contribution is 5.17. The summed E-state index contributed by atoms with van der Waals surface area (Å²) in [6.07, 6.45) is 8.44. The molecule has 1 heterocycles. The van der Waals surface area contributed by atoms with Gasteiger partial charge < -0.3 is 9.73 Å². The third kappa shape index (κ3) is 4.35. The maximum Gasteiger partial charge on any atom is 0.122 e. The first-order chi connectivity index (χ1) is 9.70. The lowest BCUT2D eigenvalue weighted by Crippen LogP contribution is -2.34. The molecule has 0 bridgehead atoms. The highest BCUT2D eigenvalue weighted by Gasteiger charge is 2.22. The predicted octanol–water partition coefficient (Wildman–Crippen LogP) is 3.79. The summed E-state index contributed by atoms with van der Waals surface area (Å²) in [4.78, 5) is 2.51. The summed E-state index contributed by atoms with van der Waals surface area (Å²) in [5, 5.41) is 3.42. The van der Waals surface area contributed by atoms with Crippen molar-refractivity contribution >= 4 is 0 Å². The van der Waals surface area contributed by atoms with Crippen LogP contribution in [0.25, 0.3) is 0 Å². The molecule has 3 heteroatoms. The molecule has 0 unspecified atom stereocenters. The van der Waals surface area contributed by atoms with E-state index >= 15 is 0 Å². The Balaban J connectivity index is 1.84. The molecule has 1 aliphatic carbocycles. The van der Waals surface area contributed by atoms with E-state index in [-0.39, 0.29) is 0 Å². The second-order valence-electron chi connectivity index (χ2n) is 6.37. The second-order valence-corrected chi connectivity index (χ2v) is 6.37. The Morgan fingerprint density at radius 1 is 1.30 bits per heavy atom. The number of rotatable bonds is 7. The fourth-order valence-corrected chi connectivity index (χ4v) is 3.12. The molecule has 114 valence electrons. The molecule has 0 amide bonds. The van der Waals surface area contributed by atoms with Gasteiger partial charge in [-0.1, -0.05) is 13.8 Å². The van der Waals surface area contributed by atoms with Crippen LogP contribution >= 0.6 is 0 Å². The van der Waals surface area contributed by atoms with Crippen LogP contribution < -0.4 is 5.32 Å². The lowest BCUT2D eigenvalue weighted by atomic mass is 9.86. The van der Waals surface area contributed by atoms with Crippen LogP contribution in [0.1, 0.15) is 57.3 Å². The normalized spacial score (nSPS) is 23.4. The zero-order valence-electron chi connectivity index (χ0n) is 13.3. The third-order valence-corrected chi connectivity index (χ3v) is 4.58. The fraction of sp³-hybridized carbons (Fsp3) is 0.765. The molecule has 1 aromatic rings. The summed E-state index contributed by atoms with van der Waals surface area (Å²) in [5.41, 5.74) is 1.34. The summed E-state index contributed by atoms with van der Waals surface area (Å²) < 4.78 is 5.63. The molecule has 1 aromatic heterocycles. The molecule has 1 N–H and O–H groups in total. The van der Waals surface area contributed by atoms with Gasteiger partial charge in [0.2, 0.25) is 0 Å². The van der Waals surface area contributed by atoms with Crippen molar-refractivity contribution in [3.05, 3.63) is 23.7 Å². The molecular weight excluding hydrogens is 248 g/mol. The van der Waals surface area contributed by atoms with Gasteiger partial charge in [-0.05, 0) is 57.7 Å². The van der Waals surface area contributed by atoms with Crippen LogP contribution in [-0.2, 0) is 13.1 Å². The van der Waals surface area contributed by atoms with Gasteiger partial charge in [0.25, 0.3) is 0 Å². The van der Waals surface area contributed by atoms with Crippen molar-refractivity contribution in [2.75, 3.05) is 13.6 Å². The standard InChI is InChI=1S/C17H30N2O/c1-4-10-18-12-17-15(9-11-20-17)13-19(3)16-7-5-14(2)6-8-16/h9,11,14,16,18H,4-8,10,12-13H2,1-3H3. The van der Waals surface area contributed by atoms with E-state index in [0.717, 1.165) is 43.8 Å². The zero-order chi connectivity index (χ0) is 14.4. The predicted molar refractivity (Wildman–Crippen MR) is 83.6 cm³/mol. The number of furan rings is 1. The molecule has 0 aromatic carbocycles. The minimum atomic E-state index is 0.748. The Labute approximate surface area is 123 Å². The Kier molecular flexibility index (Phi) is 6.11. The summed E-state index contributed by atoms with van der Waals surface area (Å²) in [7, 11) is 2.26. The largest absolute Gasteiger partial charge is 0.468 e. The van der Waals surface area contributed by atoms with E-state index in [1.807, 2.05) is 6.26 Å². The molecule has 3 nitrogen and oxygen atoms in total. The molecule has 1 aliphatic rings. The topological polar surface area (TPSA) is 28.4 Å². The lowest BCUT2D eigenvalue weighted by Gasteiger charge is -2.33. The van der Waals surface area contributed by atoms with Crippen LogP contribution in [0.3, 0.4) is 0 Å². The highest BCUT2D eigenvalue weighted by Crippen LogP contribution is 2.27. The minimum Gasteiger partial charge on any atom is -0.468 e. The van der Waals surface area contributed by atoms with Crippen LogP contribution in [-0.4, -0.2) is 24.5 Å². The van der Waals surface area contributed by atoms with E-state index in [0.29, 0.717) is 0 Å². The number of hydrogen-bond donors (Lipinski definition) is 1. The van der Waals surface area contributed by atoms with E-state index in [1.165, 1.54) is 31.2 Å². The molecule has 0 atom stereocenters. The SMILES string of the molecule is CCCNCc1occc1CN(C)C1CCC(C)CC1. The number of nitrogens with zero attached hydrogens (tertiary/aromatic N) is 1. The average Bonchev–Trinajstić information content (AvgIpc) is 2.87. The van der Waals surface area contributed by atoms with E-state index in [2.05, 4.69) is 37.2 Å². The van der Waals surface area contributed by atoms with Crippen molar-refractivity contribution in [1.29, 1.82) is 0 Å². The smallest absolute Gasteiger partial charge is 0.122 e. The lowest BCUT2D eigenvalue weighted by molar-refractivity contribution is 0.163. The minimum absolute atomic E-state index is 0.748. The maximum atomic E-state index is 5.63. The van der Waals surface area contributed by atoms with Crippen LogP contribution in [0, 0.1) is 5.92 Å². The molecule has 1 fully saturated rings. The molecule has 2 rings (SSSR count). The Bertz CT molecular complexity index is 380. The van der Waals surface area contributed by atoms with Crippen molar-refractivity contribution in [2.24, 2.45) is 5.92 Å². The van der Waals surface area contributed by atoms with E-state index < -0.39 is 0 Å². The van der Waals surface area contributed by atoms with Gasteiger partial charge >= 0.3 is 0 Å². The third-order valence-electron chi connectivity index (χ3n) is 4.58. The fourth-order valence-electron chi connectivity index (χ4n) is 3.12. The van der Waals surface area contributed by atoms with Gasteiger partial charge in [0, 0.05) is 18.2 Å². The maximum absolute atomic E-state index is 5.63. The van der Waals surface area contributed by atoms with Crippen molar-refractivity contribution in [3.8, 4) is 0 Å². The first-order valence-corrected chi connectivity index (χ1v) is 8.17. The van der Waals surface area contributed by atoms with Gasteiger partial charge in [-0.3, -0.25) is 4.90 Å². The van der Waals surface area contributed by atoms with Gasteiger partial charge in [-0.2, -0.15) is 0 Å². The molecule has 0 spiro atoms. The number of nitrogens with one attached hydrogen (secondary N) is 1. The molecule has 0 saturated heterocycles. The summed E-state index contributed by atoms with van der Waals surface area (Å²) >= 11 is 0. The molecule has 1 saturated carbocycles. The summed E-state index contributed by atoms with van der Waals surface area (Å²) in [6.45, 7) is 7.48. The van der Waals surface area contributed by atoms with Gasteiger partial charge in [0.15, 0.2) is 0 Å². The van der Waals surface area contributed by atoms with Gasteiger partial charge in [0.1, 0.15) is 5.76 Å². The van der Waals surface area contributed by atoms with Crippen molar-refractivity contribution < 1.29 is 4.42 Å². The van der Waals surface area contributed by atoms with Gasteiger partial charge in [0.05, 0.1) is 12.8 Å². The molecule has 0 aliphatic heterocycles. The van der Waals surface area contributed by atoms with Crippen molar-refractivity contribution in [2.45, 2.75) is 65.1 Å². The van der Waals surface area contributed by atoms with Crippen LogP contribution in [0.4, 0.5) is 0 Å². The molecule has 0 radical (unpaired) electrons. The Morgan fingerprint density at radius 2 is 2.05 bits per heavy atom. The monoisotopic (exact) mass is 278 g/mol. The average molecular weight is 278 g/mol. The second kappa shape index (κ2) is 7.84. The first kappa shape index (κ1) is 15.6. The summed E-state index contributed by atoms with van der Waals surface area (Å²) in [6, 6.07) is 2.88. The Hall–Kier alpha value is -0.800. The molecular formula is C17H30N2O. The van der Waals surface area contributed by atoms with E-state index in [9.17, 15) is 0 Å². The van der Waals surface area contributed by atoms with E-state index in [4.69, 9.17) is 4.42 Å². The van der Waals surface area contributed by atoms with Crippen molar-refractivity contribution in [1.82, 2.24) is 10.2 Å². The molecule has 20 heavy (non-hydrogen) atoms. The van der Waals surface area contributed by atoms with Gasteiger partial charge in [-0.25, -0.2) is 0 Å². The highest BCUT2D eigenvalue weighted by atomic mass is 16.3. The van der Waals surface area contributed by atoms with Crippen molar-refractivity contribution in [3.63, 3.8) is 0 Å². The van der Waals surface area contributed by atoms with Crippen LogP contribution in [0.5, 0.6) is 0 Å². The number of hydrogen-bond acceptors (Lipinski definition) is 3. The quantitative estimate of drug-likeness (QED) is 0.769. The first-order valence-electron chi connectivity index (χ1n) is 8.17. The van der Waals surface area contributed by atoms with Crippen LogP contribution in [0.2, 0.25) is 0 Å². The zero-order valence-corrected chi connectivity index (χ0v) is 13.3. The van der Waals surface area contributed by atoms with Gasteiger partial charge in [-0.15, -0.1) is 0 Å².